The van der Waals surface area contributed by atoms with Crippen molar-refractivity contribution in [1.82, 2.24) is 24.7 Å². The van der Waals surface area contributed by atoms with Crippen molar-refractivity contribution in [3.8, 4) is 23.1 Å². The molecule has 0 saturated heterocycles. The van der Waals surface area contributed by atoms with Gasteiger partial charge in [-0.1, -0.05) is 12.8 Å². The summed E-state index contributed by atoms with van der Waals surface area (Å²) >= 11 is 0. The number of hydrogen-bond acceptors (Lipinski definition) is 5. The zero-order valence-corrected chi connectivity index (χ0v) is 13.6. The lowest BCUT2D eigenvalue weighted by Crippen LogP contribution is -2.17. The van der Waals surface area contributed by atoms with E-state index < -0.39 is 5.69 Å². The molecule has 8 heteroatoms. The van der Waals surface area contributed by atoms with Gasteiger partial charge in [-0.05, 0) is 18.8 Å². The number of aromatic nitrogens is 5. The highest BCUT2D eigenvalue weighted by atomic mass is 16.3. The molecule has 1 atom stereocenters. The van der Waals surface area contributed by atoms with Crippen LogP contribution < -0.4 is 5.69 Å². The Labute approximate surface area is 143 Å². The van der Waals surface area contributed by atoms with E-state index in [2.05, 4.69) is 26.1 Å². The first-order valence-electron chi connectivity index (χ1n) is 8.39. The summed E-state index contributed by atoms with van der Waals surface area (Å²) in [6.45, 7) is 0. The molecule has 0 bridgehead atoms. The molecule has 1 saturated carbocycles. The quantitative estimate of drug-likeness (QED) is 0.674. The first-order valence-corrected chi connectivity index (χ1v) is 8.39. The van der Waals surface area contributed by atoms with Crippen molar-refractivity contribution in [3.05, 3.63) is 29.1 Å². The molecule has 3 aromatic rings. The predicted octanol–water partition coefficient (Wildman–Crippen LogP) is 2.47. The number of aromatic amines is 2. The van der Waals surface area contributed by atoms with Crippen LogP contribution in [0.3, 0.4) is 0 Å². The van der Waals surface area contributed by atoms with Crippen LogP contribution in [0.15, 0.2) is 23.4 Å². The normalized spacial score (nSPS) is 16.3. The Hall–Kier alpha value is -3.08. The van der Waals surface area contributed by atoms with E-state index in [1.807, 2.05) is 10.9 Å². The molecule has 1 aliphatic rings. The summed E-state index contributed by atoms with van der Waals surface area (Å²) in [5.41, 5.74) is 0.984. The Kier molecular flexibility index (Phi) is 3.76. The molecule has 0 radical (unpaired) electrons. The second kappa shape index (κ2) is 6.09. The average Bonchev–Trinajstić information content (AvgIpc) is 3.33. The van der Waals surface area contributed by atoms with E-state index in [9.17, 15) is 15.2 Å². The lowest BCUT2D eigenvalue weighted by atomic mass is 9.96. The molecule has 25 heavy (non-hydrogen) atoms. The lowest BCUT2D eigenvalue weighted by Gasteiger charge is -2.21. The lowest BCUT2D eigenvalue weighted by molar-refractivity contribution is 0.315. The van der Waals surface area contributed by atoms with Gasteiger partial charge in [0.15, 0.2) is 0 Å². The fourth-order valence-corrected chi connectivity index (χ4v) is 3.81. The molecule has 8 nitrogen and oxygen atoms in total. The van der Waals surface area contributed by atoms with E-state index in [4.69, 9.17) is 0 Å². The van der Waals surface area contributed by atoms with Gasteiger partial charge in [0.2, 0.25) is 0 Å². The minimum Gasteiger partial charge on any atom is -0.506 e. The third kappa shape index (κ3) is 2.67. The van der Waals surface area contributed by atoms with Crippen molar-refractivity contribution < 1.29 is 5.11 Å². The topological polar surface area (TPSA) is 123 Å². The molecule has 0 aliphatic heterocycles. The SMILES string of the molecule is N#CCC(C1CCCC1)n1cc(-c2[nH]c(=O)nc3[nH]cc(O)c23)cn1. The van der Waals surface area contributed by atoms with Crippen LogP contribution in [0.4, 0.5) is 0 Å². The molecule has 3 aromatic heterocycles. The fraction of sp³-hybridized carbons (Fsp3) is 0.412. The monoisotopic (exact) mass is 338 g/mol. The Bertz CT molecular complexity index is 1000. The van der Waals surface area contributed by atoms with Gasteiger partial charge in [-0.3, -0.25) is 4.68 Å². The summed E-state index contributed by atoms with van der Waals surface area (Å²) < 4.78 is 1.82. The smallest absolute Gasteiger partial charge is 0.347 e. The van der Waals surface area contributed by atoms with Crippen LogP contribution in [0, 0.1) is 17.2 Å². The van der Waals surface area contributed by atoms with Gasteiger partial charge in [0.1, 0.15) is 11.4 Å². The van der Waals surface area contributed by atoms with Crippen LogP contribution >= 0.6 is 0 Å². The molecule has 0 amide bonds. The van der Waals surface area contributed by atoms with E-state index in [0.29, 0.717) is 34.6 Å². The number of fused-ring (bicyclic) bond motifs is 1. The highest BCUT2D eigenvalue weighted by Gasteiger charge is 2.27. The number of hydrogen-bond donors (Lipinski definition) is 3. The van der Waals surface area contributed by atoms with Crippen LogP contribution in [0.2, 0.25) is 0 Å². The van der Waals surface area contributed by atoms with Crippen molar-refractivity contribution in [1.29, 1.82) is 5.26 Å². The highest BCUT2D eigenvalue weighted by Crippen LogP contribution is 2.37. The van der Waals surface area contributed by atoms with Crippen LogP contribution in [-0.2, 0) is 0 Å². The summed E-state index contributed by atoms with van der Waals surface area (Å²) in [5, 5.41) is 24.1. The van der Waals surface area contributed by atoms with Crippen LogP contribution in [-0.4, -0.2) is 29.8 Å². The summed E-state index contributed by atoms with van der Waals surface area (Å²) in [5.74, 6) is 0.468. The molecular formula is C17H18N6O2. The fourth-order valence-electron chi connectivity index (χ4n) is 3.81. The largest absolute Gasteiger partial charge is 0.506 e. The number of nitrogens with zero attached hydrogens (tertiary/aromatic N) is 4. The van der Waals surface area contributed by atoms with Crippen molar-refractivity contribution in [2.24, 2.45) is 5.92 Å². The minimum absolute atomic E-state index is 0.0193. The molecule has 0 aromatic carbocycles. The molecule has 3 N–H and O–H groups in total. The highest BCUT2D eigenvalue weighted by molar-refractivity contribution is 5.95. The Balaban J connectivity index is 1.77. The number of aromatic hydroxyl groups is 1. The molecule has 4 rings (SSSR count). The maximum Gasteiger partial charge on any atom is 0.347 e. The van der Waals surface area contributed by atoms with Gasteiger partial charge in [-0.25, -0.2) is 4.79 Å². The zero-order valence-electron chi connectivity index (χ0n) is 13.6. The molecule has 128 valence electrons. The van der Waals surface area contributed by atoms with Gasteiger partial charge in [0.25, 0.3) is 0 Å². The summed E-state index contributed by atoms with van der Waals surface area (Å²) in [6, 6.07) is 2.29. The Morgan fingerprint density at radius 3 is 3.00 bits per heavy atom. The van der Waals surface area contributed by atoms with Crippen LogP contribution in [0.5, 0.6) is 5.75 Å². The van der Waals surface area contributed by atoms with Crippen molar-refractivity contribution in [3.63, 3.8) is 0 Å². The summed E-state index contributed by atoms with van der Waals surface area (Å²) in [7, 11) is 0. The van der Waals surface area contributed by atoms with Gasteiger partial charge in [-0.2, -0.15) is 15.3 Å². The maximum atomic E-state index is 11.8. The first-order chi connectivity index (χ1) is 12.2. The van der Waals surface area contributed by atoms with Gasteiger partial charge in [0.05, 0.1) is 35.8 Å². The number of nitriles is 1. The van der Waals surface area contributed by atoms with Crippen molar-refractivity contribution in [2.75, 3.05) is 0 Å². The second-order valence-electron chi connectivity index (χ2n) is 6.50. The third-order valence-electron chi connectivity index (χ3n) is 5.01. The molecule has 0 spiro atoms. The van der Waals surface area contributed by atoms with Gasteiger partial charge >= 0.3 is 5.69 Å². The maximum absolute atomic E-state index is 11.8. The third-order valence-corrected chi connectivity index (χ3v) is 5.01. The Morgan fingerprint density at radius 2 is 2.24 bits per heavy atom. The van der Waals surface area contributed by atoms with E-state index in [-0.39, 0.29) is 11.8 Å². The molecule has 1 fully saturated rings. The number of H-pyrrole nitrogens is 2. The molecule has 3 heterocycles. The van der Waals surface area contributed by atoms with E-state index in [1.54, 1.807) is 6.20 Å². The summed E-state index contributed by atoms with van der Waals surface area (Å²) in [6.07, 6.45) is 9.88. The zero-order chi connectivity index (χ0) is 17.4. The minimum atomic E-state index is -0.499. The van der Waals surface area contributed by atoms with E-state index in [1.165, 1.54) is 19.0 Å². The van der Waals surface area contributed by atoms with Crippen molar-refractivity contribution in [2.45, 2.75) is 38.1 Å². The summed E-state index contributed by atoms with van der Waals surface area (Å²) in [4.78, 5) is 21.1. The number of rotatable bonds is 4. The Morgan fingerprint density at radius 1 is 1.44 bits per heavy atom. The van der Waals surface area contributed by atoms with Crippen molar-refractivity contribution >= 4 is 11.0 Å². The first kappa shape index (κ1) is 15.4. The standard InChI is InChI=1S/C17H18N6O2/c18-6-5-12(10-3-1-2-4-10)23-9-11(7-20-23)15-14-13(24)8-19-16(14)22-17(25)21-15/h7-10,12,24H,1-5H2,(H2,19,21,22,25). The molecule has 1 aliphatic carbocycles. The number of nitrogens with one attached hydrogen (secondary N) is 2. The predicted molar refractivity (Wildman–Crippen MR) is 90.8 cm³/mol. The molecule has 1 unspecified atom stereocenters. The van der Waals surface area contributed by atoms with Gasteiger partial charge < -0.3 is 15.1 Å². The van der Waals surface area contributed by atoms with Crippen LogP contribution in [0.25, 0.3) is 22.3 Å². The molecular weight excluding hydrogens is 320 g/mol. The second-order valence-corrected chi connectivity index (χ2v) is 6.50. The van der Waals surface area contributed by atoms with Crippen LogP contribution in [0.1, 0.15) is 38.1 Å². The van der Waals surface area contributed by atoms with E-state index >= 15 is 0 Å². The average molecular weight is 338 g/mol. The van der Waals surface area contributed by atoms with Gasteiger partial charge in [0, 0.05) is 18.0 Å². The van der Waals surface area contributed by atoms with E-state index in [0.717, 1.165) is 12.8 Å². The van der Waals surface area contributed by atoms with Gasteiger partial charge in [-0.15, -0.1) is 0 Å².